The van der Waals surface area contributed by atoms with Gasteiger partial charge < -0.3 is 29.6 Å². The summed E-state index contributed by atoms with van der Waals surface area (Å²) in [6.07, 6.45) is 1.84. The van der Waals surface area contributed by atoms with Crippen LogP contribution in [0.15, 0.2) is 89.3 Å². The van der Waals surface area contributed by atoms with E-state index in [2.05, 4.69) is 17.6 Å². The van der Waals surface area contributed by atoms with E-state index in [9.17, 15) is 9.59 Å². The highest BCUT2D eigenvalue weighted by atomic mass is 16.5. The van der Waals surface area contributed by atoms with Crippen LogP contribution in [0.25, 0.3) is 0 Å². The molecule has 0 fully saturated rings. The predicted octanol–water partition coefficient (Wildman–Crippen LogP) is 6.50. The Balaban J connectivity index is 1.52. The number of nitrogens with one attached hydrogen (secondary N) is 2. The van der Waals surface area contributed by atoms with E-state index in [1.807, 2.05) is 49.4 Å². The molecular weight excluding hydrogens is 544 g/mol. The van der Waals surface area contributed by atoms with Gasteiger partial charge in [-0.2, -0.15) is 0 Å². The number of Topliss-reactive ketones (excluding diaryl/α,β-unsaturated/α-hetero) is 1. The summed E-state index contributed by atoms with van der Waals surface area (Å²) in [6.45, 7) is 4.57. The minimum Gasteiger partial charge on any atom is -0.497 e. The average molecular weight is 583 g/mol. The van der Waals surface area contributed by atoms with Crippen molar-refractivity contribution in [3.63, 3.8) is 0 Å². The van der Waals surface area contributed by atoms with Crippen LogP contribution in [0.3, 0.4) is 0 Å². The molecule has 0 aromatic heterocycles. The Hall–Kier alpha value is -4.72. The van der Waals surface area contributed by atoms with Crippen LogP contribution in [0, 0.1) is 0 Å². The van der Waals surface area contributed by atoms with Gasteiger partial charge in [-0.05, 0) is 85.3 Å². The smallest absolute Gasteiger partial charge is 0.254 e. The van der Waals surface area contributed by atoms with E-state index >= 15 is 0 Å². The number of rotatable bonds is 10. The monoisotopic (exact) mass is 582 g/mol. The van der Waals surface area contributed by atoms with Crippen molar-refractivity contribution in [3.8, 4) is 23.0 Å². The number of hydrogen-bond acceptors (Lipinski definition) is 7. The maximum Gasteiger partial charge on any atom is 0.254 e. The fourth-order valence-electron chi connectivity index (χ4n) is 5.87. The van der Waals surface area contributed by atoms with E-state index < -0.39 is 5.92 Å². The summed E-state index contributed by atoms with van der Waals surface area (Å²) in [6, 6.07) is 20.7. The fraction of sp³-hybridized carbons (Fsp3) is 0.314. The third-order valence-corrected chi connectivity index (χ3v) is 7.99. The maximum atomic E-state index is 14.0. The number of methoxy groups -OCH3 is 3. The standard InChI is InChI=1S/C35H38N2O6/c1-6-17-43-27-12-7-22(8-13-27)33-32(35(39)37-25-10-14-26(40-3)15-11-25)21(2)36-28-18-24(19-29(38)34(28)33)23-9-16-30(41-4)31(20-23)42-5/h7-16,20,24,33,36H,6,17-19H2,1-5H3,(H,37,39)/t24-,33-/m1/s1. The van der Waals surface area contributed by atoms with Crippen LogP contribution in [0.1, 0.15) is 56.1 Å². The first kappa shape index (κ1) is 29.8. The molecule has 1 aliphatic carbocycles. The number of carbonyl (C=O) groups excluding carboxylic acids is 2. The van der Waals surface area contributed by atoms with Crippen molar-refractivity contribution < 1.29 is 28.5 Å². The van der Waals surface area contributed by atoms with Crippen LogP contribution >= 0.6 is 0 Å². The highest BCUT2D eigenvalue weighted by molar-refractivity contribution is 6.10. The van der Waals surface area contributed by atoms with Crippen LogP contribution in [0.4, 0.5) is 5.69 Å². The summed E-state index contributed by atoms with van der Waals surface area (Å²) in [4.78, 5) is 27.9. The number of benzene rings is 3. The van der Waals surface area contributed by atoms with Crippen molar-refractivity contribution >= 4 is 17.4 Å². The van der Waals surface area contributed by atoms with Crippen molar-refractivity contribution in [3.05, 3.63) is 100 Å². The van der Waals surface area contributed by atoms with Gasteiger partial charge in [0.1, 0.15) is 11.5 Å². The van der Waals surface area contributed by atoms with Gasteiger partial charge in [-0.15, -0.1) is 0 Å². The highest BCUT2D eigenvalue weighted by Crippen LogP contribution is 2.46. The molecular formula is C35H38N2O6. The topological polar surface area (TPSA) is 95.1 Å². The van der Waals surface area contributed by atoms with E-state index in [0.29, 0.717) is 59.2 Å². The number of carbonyl (C=O) groups is 2. The van der Waals surface area contributed by atoms with Gasteiger partial charge in [-0.3, -0.25) is 9.59 Å². The summed E-state index contributed by atoms with van der Waals surface area (Å²) in [5.74, 6) is 1.87. The van der Waals surface area contributed by atoms with Crippen molar-refractivity contribution in [1.29, 1.82) is 0 Å². The molecule has 5 rings (SSSR count). The van der Waals surface area contributed by atoms with E-state index in [0.717, 1.165) is 29.0 Å². The molecule has 0 bridgehead atoms. The molecule has 2 atom stereocenters. The molecule has 2 N–H and O–H groups in total. The third kappa shape index (κ3) is 6.23. The van der Waals surface area contributed by atoms with Gasteiger partial charge in [0, 0.05) is 40.6 Å². The van der Waals surface area contributed by atoms with Crippen molar-refractivity contribution in [2.24, 2.45) is 0 Å². The largest absolute Gasteiger partial charge is 0.497 e. The summed E-state index contributed by atoms with van der Waals surface area (Å²) in [5, 5.41) is 6.47. The van der Waals surface area contributed by atoms with Crippen LogP contribution in [-0.4, -0.2) is 39.6 Å². The lowest BCUT2D eigenvalue weighted by Gasteiger charge is -2.37. The fourth-order valence-corrected chi connectivity index (χ4v) is 5.87. The van der Waals surface area contributed by atoms with Gasteiger partial charge in [0.2, 0.25) is 0 Å². The maximum absolute atomic E-state index is 14.0. The number of dihydropyridines is 1. The average Bonchev–Trinajstić information content (AvgIpc) is 3.03. The molecule has 43 heavy (non-hydrogen) atoms. The number of amides is 1. The second-order valence-corrected chi connectivity index (χ2v) is 10.7. The molecule has 3 aromatic rings. The van der Waals surface area contributed by atoms with Crippen molar-refractivity contribution in [1.82, 2.24) is 5.32 Å². The third-order valence-electron chi connectivity index (χ3n) is 7.99. The summed E-state index contributed by atoms with van der Waals surface area (Å²) >= 11 is 0. The number of anilines is 1. The molecule has 8 nitrogen and oxygen atoms in total. The van der Waals surface area contributed by atoms with Gasteiger partial charge in [0.15, 0.2) is 17.3 Å². The quantitative estimate of drug-likeness (QED) is 0.282. The molecule has 1 heterocycles. The van der Waals surface area contributed by atoms with E-state index in [4.69, 9.17) is 18.9 Å². The number of ether oxygens (including phenoxy) is 4. The molecule has 2 aliphatic rings. The predicted molar refractivity (Wildman–Crippen MR) is 166 cm³/mol. The Morgan fingerprint density at radius 1 is 0.860 bits per heavy atom. The molecule has 0 unspecified atom stereocenters. The zero-order valence-electron chi connectivity index (χ0n) is 25.3. The van der Waals surface area contributed by atoms with Gasteiger partial charge in [-0.1, -0.05) is 25.1 Å². The Labute approximate surface area is 252 Å². The lowest BCUT2D eigenvalue weighted by Crippen LogP contribution is -2.37. The summed E-state index contributed by atoms with van der Waals surface area (Å²) in [7, 11) is 4.80. The zero-order valence-corrected chi connectivity index (χ0v) is 25.3. The van der Waals surface area contributed by atoms with E-state index in [1.165, 1.54) is 0 Å². The molecule has 1 aliphatic heterocycles. The molecule has 3 aromatic carbocycles. The minimum atomic E-state index is -0.534. The van der Waals surface area contributed by atoms with Crippen LogP contribution < -0.4 is 29.6 Å². The first-order valence-electron chi connectivity index (χ1n) is 14.5. The Morgan fingerprint density at radius 3 is 2.19 bits per heavy atom. The van der Waals surface area contributed by atoms with E-state index in [-0.39, 0.29) is 17.6 Å². The lowest BCUT2D eigenvalue weighted by molar-refractivity contribution is -0.116. The molecule has 8 heteroatoms. The second kappa shape index (κ2) is 13.1. The molecule has 224 valence electrons. The number of allylic oxidation sites excluding steroid dienone is 3. The first-order valence-corrected chi connectivity index (χ1v) is 14.5. The molecule has 0 spiro atoms. The SMILES string of the molecule is CCCOc1ccc([C@@H]2C(C(=O)Nc3ccc(OC)cc3)=C(C)NC3=C2C(=O)C[C@H](c2ccc(OC)c(OC)c2)C3)cc1. The summed E-state index contributed by atoms with van der Waals surface area (Å²) in [5.41, 5.74) is 5.18. The first-order chi connectivity index (χ1) is 20.9. The van der Waals surface area contributed by atoms with Gasteiger partial charge in [0.05, 0.1) is 27.9 Å². The van der Waals surface area contributed by atoms with Crippen LogP contribution in [0.2, 0.25) is 0 Å². The highest BCUT2D eigenvalue weighted by Gasteiger charge is 2.41. The van der Waals surface area contributed by atoms with Gasteiger partial charge in [0.25, 0.3) is 5.91 Å². The molecule has 0 saturated heterocycles. The molecule has 0 radical (unpaired) electrons. The van der Waals surface area contributed by atoms with Gasteiger partial charge in [-0.25, -0.2) is 0 Å². The Bertz CT molecular complexity index is 1560. The van der Waals surface area contributed by atoms with Gasteiger partial charge >= 0.3 is 0 Å². The van der Waals surface area contributed by atoms with Crippen LogP contribution in [-0.2, 0) is 9.59 Å². The van der Waals surface area contributed by atoms with Crippen molar-refractivity contribution in [2.75, 3.05) is 33.3 Å². The lowest BCUT2D eigenvalue weighted by atomic mass is 9.71. The van der Waals surface area contributed by atoms with Crippen molar-refractivity contribution in [2.45, 2.75) is 44.9 Å². The normalized spacial score (nSPS) is 18.0. The minimum absolute atomic E-state index is 0.00657. The second-order valence-electron chi connectivity index (χ2n) is 10.7. The zero-order chi connectivity index (χ0) is 30.5. The molecule has 0 saturated carbocycles. The Kier molecular flexibility index (Phi) is 9.04. The van der Waals surface area contributed by atoms with Crippen LogP contribution in [0.5, 0.6) is 23.0 Å². The molecule has 1 amide bonds. The number of ketones is 1. The summed E-state index contributed by atoms with van der Waals surface area (Å²) < 4.78 is 22.0. The van der Waals surface area contributed by atoms with E-state index in [1.54, 1.807) is 45.6 Å². The Morgan fingerprint density at radius 2 is 1.53 bits per heavy atom. The number of hydrogen-bond donors (Lipinski definition) is 2.